The molecule has 0 aromatic heterocycles. The molecule has 2 saturated heterocycles. The first-order valence-corrected chi connectivity index (χ1v) is 7.42. The van der Waals surface area contributed by atoms with Gasteiger partial charge in [-0.15, -0.1) is 0 Å². The number of likely N-dealkylation sites (tertiary alicyclic amines) is 1. The van der Waals surface area contributed by atoms with E-state index in [1.807, 2.05) is 25.7 Å². The van der Waals surface area contributed by atoms with Crippen LogP contribution in [-0.4, -0.2) is 66.9 Å². The number of rotatable bonds is 4. The van der Waals surface area contributed by atoms with Gasteiger partial charge in [0.1, 0.15) is 0 Å². The lowest BCUT2D eigenvalue weighted by molar-refractivity contribution is -0.189. The van der Waals surface area contributed by atoms with Crippen molar-refractivity contribution in [1.29, 1.82) is 0 Å². The van der Waals surface area contributed by atoms with Crippen molar-refractivity contribution < 1.29 is 14.3 Å². The monoisotopic (exact) mass is 270 g/mol. The average Bonchev–Trinajstić information content (AvgIpc) is 2.88. The minimum atomic E-state index is -0.353. The van der Waals surface area contributed by atoms with Gasteiger partial charge < -0.3 is 14.4 Å². The smallest absolute Gasteiger partial charge is 0.239 e. The van der Waals surface area contributed by atoms with Gasteiger partial charge in [0.2, 0.25) is 5.91 Å². The fourth-order valence-corrected chi connectivity index (χ4v) is 2.99. The Morgan fingerprint density at radius 1 is 1.21 bits per heavy atom. The van der Waals surface area contributed by atoms with Crippen molar-refractivity contribution in [3.8, 4) is 0 Å². The van der Waals surface area contributed by atoms with E-state index in [4.69, 9.17) is 9.47 Å². The molecule has 2 rings (SSSR count). The van der Waals surface area contributed by atoms with Crippen LogP contribution in [-0.2, 0) is 14.3 Å². The van der Waals surface area contributed by atoms with Crippen LogP contribution >= 0.6 is 0 Å². The van der Waals surface area contributed by atoms with E-state index in [0.29, 0.717) is 13.2 Å². The van der Waals surface area contributed by atoms with Crippen LogP contribution in [0.2, 0.25) is 0 Å². The molecule has 1 unspecified atom stereocenters. The molecule has 5 nitrogen and oxygen atoms in total. The number of nitrogens with zero attached hydrogens (tertiary/aromatic N) is 2. The third-order valence-electron chi connectivity index (χ3n) is 4.35. The van der Waals surface area contributed by atoms with E-state index in [9.17, 15) is 4.79 Å². The van der Waals surface area contributed by atoms with E-state index in [0.717, 1.165) is 39.0 Å². The summed E-state index contributed by atoms with van der Waals surface area (Å²) in [4.78, 5) is 16.5. The topological polar surface area (TPSA) is 42.0 Å². The quantitative estimate of drug-likeness (QED) is 0.766. The van der Waals surface area contributed by atoms with Crippen molar-refractivity contribution in [3.63, 3.8) is 0 Å². The molecule has 2 heterocycles. The Balaban J connectivity index is 1.88. The molecule has 0 saturated carbocycles. The van der Waals surface area contributed by atoms with Crippen LogP contribution in [0.15, 0.2) is 0 Å². The van der Waals surface area contributed by atoms with Gasteiger partial charge in [0, 0.05) is 39.0 Å². The summed E-state index contributed by atoms with van der Waals surface area (Å²) in [6.07, 6.45) is 1.73. The highest BCUT2D eigenvalue weighted by atomic mass is 16.7. The molecule has 2 aliphatic rings. The standard InChI is InChI=1S/C14H26N2O3/c1-4-15(5-2)13(17)12(3)16-8-6-14(7-9-16)18-10-11-19-14/h12H,4-11H2,1-3H3. The molecule has 19 heavy (non-hydrogen) atoms. The maximum atomic E-state index is 12.3. The number of ether oxygens (including phenoxy) is 2. The fraction of sp³-hybridized carbons (Fsp3) is 0.929. The van der Waals surface area contributed by atoms with Crippen LogP contribution in [0.4, 0.5) is 0 Å². The first-order valence-electron chi connectivity index (χ1n) is 7.42. The molecular weight excluding hydrogens is 244 g/mol. The van der Waals surface area contributed by atoms with Crippen LogP contribution in [0.1, 0.15) is 33.6 Å². The normalized spacial score (nSPS) is 24.6. The highest BCUT2D eigenvalue weighted by molar-refractivity contribution is 5.81. The van der Waals surface area contributed by atoms with Crippen LogP contribution in [0.3, 0.4) is 0 Å². The molecule has 0 N–H and O–H groups in total. The Bertz CT molecular complexity index is 302. The summed E-state index contributed by atoms with van der Waals surface area (Å²) in [7, 11) is 0. The maximum absolute atomic E-state index is 12.3. The van der Waals surface area contributed by atoms with Crippen molar-refractivity contribution in [1.82, 2.24) is 9.80 Å². The second kappa shape index (κ2) is 6.20. The zero-order valence-corrected chi connectivity index (χ0v) is 12.4. The molecule has 1 atom stereocenters. The van der Waals surface area contributed by atoms with Gasteiger partial charge in [0.05, 0.1) is 19.3 Å². The molecule has 5 heteroatoms. The number of carbonyl (C=O) groups is 1. The van der Waals surface area contributed by atoms with Gasteiger partial charge in [-0.1, -0.05) is 0 Å². The predicted molar refractivity (Wildman–Crippen MR) is 72.8 cm³/mol. The van der Waals surface area contributed by atoms with E-state index in [1.165, 1.54) is 0 Å². The Kier molecular flexibility index (Phi) is 4.81. The summed E-state index contributed by atoms with van der Waals surface area (Å²) in [6.45, 7) is 10.8. The number of hydrogen-bond donors (Lipinski definition) is 0. The summed E-state index contributed by atoms with van der Waals surface area (Å²) < 4.78 is 11.4. The van der Waals surface area contributed by atoms with Crippen molar-refractivity contribution in [2.45, 2.75) is 45.4 Å². The summed E-state index contributed by atoms with van der Waals surface area (Å²) in [6, 6.07) is -0.0429. The van der Waals surface area contributed by atoms with E-state index in [1.54, 1.807) is 0 Å². The summed E-state index contributed by atoms with van der Waals surface area (Å²) >= 11 is 0. The van der Waals surface area contributed by atoms with Crippen molar-refractivity contribution >= 4 is 5.91 Å². The van der Waals surface area contributed by atoms with Crippen molar-refractivity contribution in [3.05, 3.63) is 0 Å². The molecule has 0 aromatic carbocycles. The van der Waals surface area contributed by atoms with Crippen LogP contribution < -0.4 is 0 Å². The number of amides is 1. The average molecular weight is 270 g/mol. The third kappa shape index (κ3) is 3.09. The molecule has 1 amide bonds. The molecule has 1 spiro atoms. The largest absolute Gasteiger partial charge is 0.347 e. The third-order valence-corrected chi connectivity index (χ3v) is 4.35. The van der Waals surface area contributed by atoms with Gasteiger partial charge in [0.25, 0.3) is 0 Å². The summed E-state index contributed by atoms with van der Waals surface area (Å²) in [5.74, 6) is -0.122. The predicted octanol–water partition coefficient (Wildman–Crippen LogP) is 1.08. The molecule has 0 bridgehead atoms. The number of carbonyl (C=O) groups excluding carboxylic acids is 1. The zero-order valence-electron chi connectivity index (χ0n) is 12.4. The highest BCUT2D eigenvalue weighted by Crippen LogP contribution is 2.31. The van der Waals surface area contributed by atoms with Gasteiger partial charge >= 0.3 is 0 Å². The van der Waals surface area contributed by atoms with Crippen molar-refractivity contribution in [2.24, 2.45) is 0 Å². The van der Waals surface area contributed by atoms with Crippen LogP contribution in [0, 0.1) is 0 Å². The zero-order chi connectivity index (χ0) is 13.9. The minimum absolute atomic E-state index is 0.0429. The SMILES string of the molecule is CCN(CC)C(=O)C(C)N1CCC2(CC1)OCCO2. The van der Waals surface area contributed by atoms with E-state index >= 15 is 0 Å². The molecule has 0 aliphatic carbocycles. The lowest BCUT2D eigenvalue weighted by Crippen LogP contribution is -2.53. The lowest BCUT2D eigenvalue weighted by Gasteiger charge is -2.40. The fourth-order valence-electron chi connectivity index (χ4n) is 2.99. The van der Waals surface area contributed by atoms with Gasteiger partial charge in [-0.05, 0) is 20.8 Å². The van der Waals surface area contributed by atoms with E-state index < -0.39 is 0 Å². The van der Waals surface area contributed by atoms with E-state index in [-0.39, 0.29) is 17.7 Å². The van der Waals surface area contributed by atoms with E-state index in [2.05, 4.69) is 4.90 Å². The van der Waals surface area contributed by atoms with Crippen LogP contribution in [0.25, 0.3) is 0 Å². The summed E-state index contributed by atoms with van der Waals surface area (Å²) in [5, 5.41) is 0. The lowest BCUT2D eigenvalue weighted by atomic mass is 10.0. The molecule has 2 fully saturated rings. The van der Waals surface area contributed by atoms with Gasteiger partial charge in [-0.25, -0.2) is 0 Å². The number of likely N-dealkylation sites (N-methyl/N-ethyl adjacent to an activating group) is 1. The Labute approximate surface area is 115 Å². The molecular formula is C14H26N2O3. The van der Waals surface area contributed by atoms with Gasteiger partial charge in [-0.3, -0.25) is 9.69 Å². The first-order chi connectivity index (χ1) is 9.12. The molecule has 110 valence electrons. The number of hydrogen-bond acceptors (Lipinski definition) is 4. The minimum Gasteiger partial charge on any atom is -0.347 e. The molecule has 0 aromatic rings. The maximum Gasteiger partial charge on any atom is 0.239 e. The Hall–Kier alpha value is -0.650. The molecule has 0 radical (unpaired) electrons. The van der Waals surface area contributed by atoms with Gasteiger partial charge in [0.15, 0.2) is 5.79 Å². The number of piperidine rings is 1. The van der Waals surface area contributed by atoms with Gasteiger partial charge in [-0.2, -0.15) is 0 Å². The second-order valence-corrected chi connectivity index (χ2v) is 5.33. The highest BCUT2D eigenvalue weighted by Gasteiger charge is 2.41. The summed E-state index contributed by atoms with van der Waals surface area (Å²) in [5.41, 5.74) is 0. The Morgan fingerprint density at radius 2 is 1.74 bits per heavy atom. The van der Waals surface area contributed by atoms with Crippen molar-refractivity contribution in [2.75, 3.05) is 39.4 Å². The van der Waals surface area contributed by atoms with Crippen LogP contribution in [0.5, 0.6) is 0 Å². The second-order valence-electron chi connectivity index (χ2n) is 5.33. The molecule has 2 aliphatic heterocycles. The first kappa shape index (κ1) is 14.8. The Morgan fingerprint density at radius 3 is 2.21 bits per heavy atom.